The fourth-order valence-electron chi connectivity index (χ4n) is 5.08. The van der Waals surface area contributed by atoms with Gasteiger partial charge in [0.1, 0.15) is 0 Å². The molecule has 2 aliphatic rings. The molecule has 12 heteroatoms. The number of benzene rings is 2. The maximum atomic E-state index is 12.4. The molecule has 1 fully saturated rings. The Morgan fingerprint density at radius 1 is 1.00 bits per heavy atom. The quantitative estimate of drug-likeness (QED) is 0.300. The van der Waals surface area contributed by atoms with E-state index in [-0.39, 0.29) is 24.8 Å². The van der Waals surface area contributed by atoms with E-state index >= 15 is 0 Å². The van der Waals surface area contributed by atoms with Crippen LogP contribution in [0, 0.1) is 0 Å². The number of aryl methyl sites for hydroxylation is 1. The van der Waals surface area contributed by atoms with Crippen LogP contribution in [0.5, 0.6) is 0 Å². The smallest absolute Gasteiger partial charge is 0.303 e. The van der Waals surface area contributed by atoms with Crippen molar-refractivity contribution in [2.45, 2.75) is 31.7 Å². The summed E-state index contributed by atoms with van der Waals surface area (Å²) in [6.45, 7) is 2.04. The molecule has 11 nitrogen and oxygen atoms in total. The number of carboxylic acids is 1. The third kappa shape index (κ3) is 5.60. The van der Waals surface area contributed by atoms with Gasteiger partial charge in [-0.3, -0.25) is 9.59 Å². The molecule has 39 heavy (non-hydrogen) atoms. The number of nitrogens with zero attached hydrogens (tertiary/aromatic N) is 6. The summed E-state index contributed by atoms with van der Waals surface area (Å²) in [7, 11) is 0. The zero-order valence-corrected chi connectivity index (χ0v) is 22.0. The molecule has 2 aromatic heterocycles. The van der Waals surface area contributed by atoms with Crippen LogP contribution in [-0.4, -0.2) is 68.0 Å². The highest BCUT2D eigenvalue weighted by molar-refractivity contribution is 7.16. The van der Waals surface area contributed by atoms with Gasteiger partial charge in [-0.15, -0.1) is 11.3 Å². The Bertz CT molecular complexity index is 1520. The first-order valence-corrected chi connectivity index (χ1v) is 13.8. The lowest BCUT2D eigenvalue weighted by Crippen LogP contribution is -2.49. The molecule has 1 saturated heterocycles. The first-order chi connectivity index (χ1) is 19.0. The van der Waals surface area contributed by atoms with Gasteiger partial charge in [0.05, 0.1) is 28.2 Å². The van der Waals surface area contributed by atoms with E-state index in [1.807, 2.05) is 28.6 Å². The van der Waals surface area contributed by atoms with Crippen LogP contribution in [0.1, 0.15) is 36.4 Å². The number of hydrogen-bond donors (Lipinski definition) is 3. The van der Waals surface area contributed by atoms with E-state index in [0.717, 1.165) is 28.7 Å². The van der Waals surface area contributed by atoms with Crippen LogP contribution in [0.4, 0.5) is 23.5 Å². The number of carboxylic acid groups (broad SMARTS) is 1. The van der Waals surface area contributed by atoms with Gasteiger partial charge in [0, 0.05) is 38.3 Å². The predicted octanol–water partition coefficient (Wildman–Crippen LogP) is 3.84. The normalized spacial score (nSPS) is 16.8. The Kier molecular flexibility index (Phi) is 6.93. The molecular weight excluding hydrogens is 516 g/mol. The highest BCUT2D eigenvalue weighted by Crippen LogP contribution is 2.33. The molecule has 1 amide bonds. The van der Waals surface area contributed by atoms with Crippen molar-refractivity contribution in [3.05, 3.63) is 59.1 Å². The fraction of sp³-hybridized carbons (Fsp3) is 0.333. The zero-order chi connectivity index (χ0) is 26.8. The molecule has 0 bridgehead atoms. The molecule has 1 aliphatic carbocycles. The third-order valence-corrected chi connectivity index (χ3v) is 7.91. The van der Waals surface area contributed by atoms with E-state index in [9.17, 15) is 9.59 Å². The van der Waals surface area contributed by atoms with Crippen molar-refractivity contribution in [2.24, 2.45) is 0 Å². The van der Waals surface area contributed by atoms with Crippen molar-refractivity contribution in [2.75, 3.05) is 41.7 Å². The van der Waals surface area contributed by atoms with E-state index in [1.54, 1.807) is 16.2 Å². The van der Waals surface area contributed by atoms with Crippen LogP contribution >= 0.6 is 11.3 Å². The maximum absolute atomic E-state index is 12.4. The highest BCUT2D eigenvalue weighted by atomic mass is 32.1. The van der Waals surface area contributed by atoms with Crippen molar-refractivity contribution in [3.8, 4) is 0 Å². The lowest BCUT2D eigenvalue weighted by atomic mass is 10.1. The van der Waals surface area contributed by atoms with Crippen LogP contribution in [-0.2, 0) is 16.0 Å². The molecule has 3 N–H and O–H groups in total. The third-order valence-electron chi connectivity index (χ3n) is 7.12. The van der Waals surface area contributed by atoms with Crippen molar-refractivity contribution >= 4 is 57.0 Å². The van der Waals surface area contributed by atoms with Gasteiger partial charge in [-0.1, -0.05) is 24.3 Å². The van der Waals surface area contributed by atoms with E-state index in [0.29, 0.717) is 44.0 Å². The van der Waals surface area contributed by atoms with Gasteiger partial charge < -0.3 is 25.5 Å². The minimum absolute atomic E-state index is 0.0101. The van der Waals surface area contributed by atoms with Gasteiger partial charge in [-0.05, 0) is 42.2 Å². The summed E-state index contributed by atoms with van der Waals surface area (Å²) >= 11 is 1.57. The number of amides is 1. The Hall–Kier alpha value is -4.32. The SMILES string of the molecule is O=C(O)CCC(=O)N1CCN(c2nc(Nc3ccc4ncsc4c3)nc(NC3CCc4ccccc43)n2)CC1. The Morgan fingerprint density at radius 3 is 2.67 bits per heavy atom. The van der Waals surface area contributed by atoms with Crippen molar-refractivity contribution < 1.29 is 14.7 Å². The van der Waals surface area contributed by atoms with E-state index in [2.05, 4.69) is 39.9 Å². The van der Waals surface area contributed by atoms with Crippen LogP contribution in [0.25, 0.3) is 10.2 Å². The molecule has 0 spiro atoms. The van der Waals surface area contributed by atoms with Gasteiger partial charge in [0.2, 0.25) is 23.8 Å². The van der Waals surface area contributed by atoms with Crippen molar-refractivity contribution in [3.63, 3.8) is 0 Å². The van der Waals surface area contributed by atoms with Gasteiger partial charge in [-0.25, -0.2) is 4.98 Å². The summed E-state index contributed by atoms with van der Waals surface area (Å²) in [5, 5.41) is 15.8. The van der Waals surface area contributed by atoms with Crippen molar-refractivity contribution in [1.29, 1.82) is 0 Å². The lowest BCUT2D eigenvalue weighted by Gasteiger charge is -2.35. The molecule has 6 rings (SSSR count). The Morgan fingerprint density at radius 2 is 1.82 bits per heavy atom. The molecule has 3 heterocycles. The molecule has 1 atom stereocenters. The number of rotatable bonds is 8. The number of nitrogens with one attached hydrogen (secondary N) is 2. The Labute approximate surface area is 228 Å². The Balaban J connectivity index is 1.23. The number of carbonyl (C=O) groups excluding carboxylic acids is 1. The lowest BCUT2D eigenvalue weighted by molar-refractivity contribution is -0.141. The summed E-state index contributed by atoms with van der Waals surface area (Å²) in [6, 6.07) is 14.5. The van der Waals surface area contributed by atoms with Gasteiger partial charge >= 0.3 is 5.97 Å². The first kappa shape index (κ1) is 25.0. The maximum Gasteiger partial charge on any atom is 0.303 e. The topological polar surface area (TPSA) is 136 Å². The number of anilines is 4. The molecule has 4 aromatic rings. The molecule has 2 aromatic carbocycles. The number of carbonyl (C=O) groups is 2. The number of thiazole rings is 1. The van der Waals surface area contributed by atoms with Crippen LogP contribution in [0.2, 0.25) is 0 Å². The summed E-state index contributed by atoms with van der Waals surface area (Å²) in [5.74, 6) is 0.334. The summed E-state index contributed by atoms with van der Waals surface area (Å²) in [6.07, 6.45) is 1.82. The second-order valence-electron chi connectivity index (χ2n) is 9.64. The molecule has 1 unspecified atom stereocenters. The predicted molar refractivity (Wildman–Crippen MR) is 150 cm³/mol. The largest absolute Gasteiger partial charge is 0.481 e. The van der Waals surface area contributed by atoms with Gasteiger partial charge in [-0.2, -0.15) is 15.0 Å². The minimum atomic E-state index is -0.966. The van der Waals surface area contributed by atoms with Crippen molar-refractivity contribution in [1.82, 2.24) is 24.8 Å². The zero-order valence-electron chi connectivity index (χ0n) is 21.2. The number of fused-ring (bicyclic) bond motifs is 2. The minimum Gasteiger partial charge on any atom is -0.481 e. The number of piperazine rings is 1. The first-order valence-electron chi connectivity index (χ1n) is 13.0. The summed E-state index contributed by atoms with van der Waals surface area (Å²) in [5.41, 5.74) is 6.22. The molecule has 0 saturated carbocycles. The van der Waals surface area contributed by atoms with E-state index < -0.39 is 5.97 Å². The van der Waals surface area contributed by atoms with Crippen LogP contribution < -0.4 is 15.5 Å². The molecule has 0 radical (unpaired) electrons. The second kappa shape index (κ2) is 10.8. The average molecular weight is 545 g/mol. The monoisotopic (exact) mass is 544 g/mol. The standard InChI is InChI=1S/C27H28N8O3S/c36-23(9-10-24(37)38)34-11-13-35(14-12-34)27-32-25(29-18-6-8-21-22(15-18)39-16-28-21)31-26(33-27)30-20-7-5-17-3-1-2-4-19(17)20/h1-4,6,8,15-16,20H,5,7,9-14H2,(H,37,38)(H2,29,30,31,32,33). The summed E-state index contributed by atoms with van der Waals surface area (Å²) < 4.78 is 1.07. The molecule has 1 aliphatic heterocycles. The van der Waals surface area contributed by atoms with E-state index in [4.69, 9.17) is 20.1 Å². The number of aliphatic carboxylic acids is 1. The number of hydrogen-bond acceptors (Lipinski definition) is 10. The summed E-state index contributed by atoms with van der Waals surface area (Å²) in [4.78, 5) is 45.5. The highest BCUT2D eigenvalue weighted by Gasteiger charge is 2.26. The second-order valence-corrected chi connectivity index (χ2v) is 10.5. The average Bonchev–Trinajstić information content (AvgIpc) is 3.58. The fourth-order valence-corrected chi connectivity index (χ4v) is 5.80. The van der Waals surface area contributed by atoms with Crippen LogP contribution in [0.3, 0.4) is 0 Å². The van der Waals surface area contributed by atoms with Crippen LogP contribution in [0.15, 0.2) is 48.0 Å². The molecule has 200 valence electrons. The number of aromatic nitrogens is 4. The molecular formula is C27H28N8O3S. The van der Waals surface area contributed by atoms with Gasteiger partial charge in [0.25, 0.3) is 0 Å². The van der Waals surface area contributed by atoms with E-state index in [1.165, 1.54) is 11.1 Å². The van der Waals surface area contributed by atoms with Gasteiger partial charge in [0.15, 0.2) is 0 Å².